The van der Waals surface area contributed by atoms with Gasteiger partial charge < -0.3 is 4.98 Å². The number of rotatable bonds is 1. The van der Waals surface area contributed by atoms with Gasteiger partial charge in [0, 0.05) is 4.47 Å². The van der Waals surface area contributed by atoms with E-state index in [1.165, 1.54) is 0 Å². The number of H-pyrrole nitrogens is 1. The average molecular weight is 393 g/mol. The van der Waals surface area contributed by atoms with Crippen LogP contribution >= 0.6 is 54.8 Å². The van der Waals surface area contributed by atoms with Gasteiger partial charge in [0.15, 0.2) is 0 Å². The van der Waals surface area contributed by atoms with Crippen LogP contribution in [0.4, 0.5) is 0 Å². The molecule has 0 fully saturated rings. The maximum Gasteiger partial charge on any atom is 0.148 e. The van der Waals surface area contributed by atoms with Crippen molar-refractivity contribution in [3.63, 3.8) is 0 Å². The number of benzene rings is 1. The van der Waals surface area contributed by atoms with Gasteiger partial charge in [-0.25, -0.2) is 4.98 Å². The molecule has 1 aromatic carbocycles. The lowest BCUT2D eigenvalue weighted by Crippen LogP contribution is -1.72. The van der Waals surface area contributed by atoms with Gasteiger partial charge >= 0.3 is 0 Å². The largest absolute Gasteiger partial charge is 0.337 e. The van der Waals surface area contributed by atoms with E-state index in [1.807, 2.05) is 24.3 Å². The van der Waals surface area contributed by atoms with E-state index < -0.39 is 0 Å². The van der Waals surface area contributed by atoms with Crippen molar-refractivity contribution in [2.24, 2.45) is 0 Å². The SMILES string of the molecule is Clc1cccc2[nH]c(-c3cc(Br)c(Br)s3)nc12. The van der Waals surface area contributed by atoms with Crippen LogP contribution in [-0.2, 0) is 0 Å². The van der Waals surface area contributed by atoms with Gasteiger partial charge in [0.2, 0.25) is 0 Å². The van der Waals surface area contributed by atoms with Crippen LogP contribution in [0.3, 0.4) is 0 Å². The number of hydrogen-bond donors (Lipinski definition) is 1. The van der Waals surface area contributed by atoms with Crippen molar-refractivity contribution in [1.82, 2.24) is 9.97 Å². The van der Waals surface area contributed by atoms with Crippen LogP contribution in [0, 0.1) is 0 Å². The summed E-state index contributed by atoms with van der Waals surface area (Å²) < 4.78 is 2.09. The minimum Gasteiger partial charge on any atom is -0.337 e. The minimum absolute atomic E-state index is 0.666. The molecule has 2 heterocycles. The molecule has 3 aromatic rings. The number of thiophene rings is 1. The number of imidazole rings is 1. The summed E-state index contributed by atoms with van der Waals surface area (Å²) in [5, 5.41) is 0.666. The third kappa shape index (κ3) is 2.05. The minimum atomic E-state index is 0.666. The zero-order valence-corrected chi connectivity index (χ0v) is 13.0. The molecular weight excluding hydrogens is 387 g/mol. The highest BCUT2D eigenvalue weighted by molar-refractivity contribution is 9.13. The van der Waals surface area contributed by atoms with Gasteiger partial charge in [-0.1, -0.05) is 17.7 Å². The average Bonchev–Trinajstić information content (AvgIpc) is 2.85. The monoisotopic (exact) mass is 390 g/mol. The number of nitrogens with zero attached hydrogens (tertiary/aromatic N) is 1. The van der Waals surface area contributed by atoms with Crippen molar-refractivity contribution in [3.8, 4) is 10.7 Å². The van der Waals surface area contributed by atoms with Crippen molar-refractivity contribution in [2.75, 3.05) is 0 Å². The van der Waals surface area contributed by atoms with Crippen LogP contribution in [0.2, 0.25) is 5.02 Å². The molecule has 0 aliphatic heterocycles. The molecule has 2 nitrogen and oxygen atoms in total. The zero-order chi connectivity index (χ0) is 12.0. The molecule has 0 spiro atoms. The highest BCUT2D eigenvalue weighted by atomic mass is 79.9. The predicted molar refractivity (Wildman–Crippen MR) is 79.8 cm³/mol. The fraction of sp³-hybridized carbons (Fsp3) is 0. The summed E-state index contributed by atoms with van der Waals surface area (Å²) in [6.45, 7) is 0. The predicted octanol–water partition coefficient (Wildman–Crippen LogP) is 5.47. The van der Waals surface area contributed by atoms with Crippen molar-refractivity contribution >= 4 is 65.8 Å². The topological polar surface area (TPSA) is 28.7 Å². The summed E-state index contributed by atoms with van der Waals surface area (Å²) in [4.78, 5) is 8.85. The molecule has 2 aromatic heterocycles. The van der Waals surface area contributed by atoms with E-state index in [1.54, 1.807) is 11.3 Å². The second kappa shape index (κ2) is 4.39. The summed E-state index contributed by atoms with van der Waals surface area (Å²) in [6.07, 6.45) is 0. The summed E-state index contributed by atoms with van der Waals surface area (Å²) >= 11 is 14.7. The lowest BCUT2D eigenvalue weighted by Gasteiger charge is -1.88. The van der Waals surface area contributed by atoms with Crippen molar-refractivity contribution in [3.05, 3.63) is 37.5 Å². The standard InChI is InChI=1S/C11H5Br2ClN2S/c12-5-4-8(17-10(5)13)11-15-7-3-1-2-6(14)9(7)16-11/h1-4H,(H,15,16). The first-order chi connectivity index (χ1) is 8.15. The van der Waals surface area contributed by atoms with Crippen LogP contribution in [0.5, 0.6) is 0 Å². The summed E-state index contributed by atoms with van der Waals surface area (Å²) in [7, 11) is 0. The number of aromatic amines is 1. The fourth-order valence-electron chi connectivity index (χ4n) is 1.58. The van der Waals surface area contributed by atoms with Crippen molar-refractivity contribution in [2.45, 2.75) is 0 Å². The molecular formula is C11H5Br2ClN2S. The second-order valence-corrected chi connectivity index (χ2v) is 7.09. The van der Waals surface area contributed by atoms with E-state index >= 15 is 0 Å². The molecule has 0 radical (unpaired) electrons. The number of hydrogen-bond acceptors (Lipinski definition) is 2. The normalized spacial score (nSPS) is 11.2. The van der Waals surface area contributed by atoms with Crippen LogP contribution in [0.25, 0.3) is 21.7 Å². The summed E-state index contributed by atoms with van der Waals surface area (Å²) in [5.41, 5.74) is 1.76. The van der Waals surface area contributed by atoms with E-state index in [9.17, 15) is 0 Å². The Morgan fingerprint density at radius 2 is 2.12 bits per heavy atom. The molecule has 0 amide bonds. The Hall–Kier alpha value is -0.360. The Labute approximate surface area is 123 Å². The lowest BCUT2D eigenvalue weighted by atomic mass is 10.3. The maximum absolute atomic E-state index is 6.10. The quantitative estimate of drug-likeness (QED) is 0.584. The molecule has 0 atom stereocenters. The molecule has 0 unspecified atom stereocenters. The number of fused-ring (bicyclic) bond motifs is 1. The number of halogens is 3. The highest BCUT2D eigenvalue weighted by Gasteiger charge is 2.11. The van der Waals surface area contributed by atoms with Gasteiger partial charge in [0.1, 0.15) is 11.3 Å². The molecule has 3 rings (SSSR count). The first kappa shape index (κ1) is 11.7. The molecule has 0 aliphatic carbocycles. The molecule has 0 saturated carbocycles. The zero-order valence-electron chi connectivity index (χ0n) is 8.30. The third-order valence-corrected chi connectivity index (χ3v) is 5.91. The summed E-state index contributed by atoms with van der Waals surface area (Å²) in [5.74, 6) is 0.838. The maximum atomic E-state index is 6.10. The van der Waals surface area contributed by atoms with Crippen LogP contribution < -0.4 is 0 Å². The smallest absolute Gasteiger partial charge is 0.148 e. The Bertz CT molecular complexity index is 685. The van der Waals surface area contributed by atoms with E-state index in [4.69, 9.17) is 11.6 Å². The van der Waals surface area contributed by atoms with E-state index in [2.05, 4.69) is 41.8 Å². The first-order valence-corrected chi connectivity index (χ1v) is 7.52. The van der Waals surface area contributed by atoms with Gasteiger partial charge in [-0.2, -0.15) is 0 Å². The molecule has 0 bridgehead atoms. The van der Waals surface area contributed by atoms with Gasteiger partial charge in [0.05, 0.1) is 19.2 Å². The first-order valence-electron chi connectivity index (χ1n) is 4.74. The summed E-state index contributed by atoms with van der Waals surface area (Å²) in [6, 6.07) is 7.75. The van der Waals surface area contributed by atoms with Crippen molar-refractivity contribution in [1.29, 1.82) is 0 Å². The molecule has 0 saturated heterocycles. The van der Waals surface area contributed by atoms with E-state index in [-0.39, 0.29) is 0 Å². The third-order valence-electron chi connectivity index (χ3n) is 2.34. The van der Waals surface area contributed by atoms with E-state index in [0.29, 0.717) is 5.02 Å². The number of aromatic nitrogens is 2. The van der Waals surface area contributed by atoms with Crippen LogP contribution in [0.1, 0.15) is 0 Å². The molecule has 6 heteroatoms. The molecule has 86 valence electrons. The number of para-hydroxylation sites is 1. The van der Waals surface area contributed by atoms with Crippen molar-refractivity contribution < 1.29 is 0 Å². The Morgan fingerprint density at radius 3 is 2.76 bits per heavy atom. The second-order valence-electron chi connectivity index (χ2n) is 3.45. The van der Waals surface area contributed by atoms with Gasteiger partial charge in [-0.15, -0.1) is 11.3 Å². The van der Waals surface area contributed by atoms with Gasteiger partial charge in [0.25, 0.3) is 0 Å². The van der Waals surface area contributed by atoms with E-state index in [0.717, 1.165) is 30.0 Å². The lowest BCUT2D eigenvalue weighted by molar-refractivity contribution is 1.36. The number of nitrogens with one attached hydrogen (secondary N) is 1. The Kier molecular flexibility index (Phi) is 3.02. The fourth-order valence-corrected chi connectivity index (χ4v) is 3.77. The highest BCUT2D eigenvalue weighted by Crippen LogP contribution is 2.38. The molecule has 1 N–H and O–H groups in total. The molecule has 0 aliphatic rings. The molecule has 17 heavy (non-hydrogen) atoms. The van der Waals surface area contributed by atoms with Crippen LogP contribution in [0.15, 0.2) is 32.5 Å². The van der Waals surface area contributed by atoms with Gasteiger partial charge in [-0.3, -0.25) is 0 Å². The van der Waals surface area contributed by atoms with Gasteiger partial charge in [-0.05, 0) is 50.1 Å². The Morgan fingerprint density at radius 1 is 1.29 bits per heavy atom. The van der Waals surface area contributed by atoms with Crippen LogP contribution in [-0.4, -0.2) is 9.97 Å². The Balaban J connectivity index is 2.21.